The summed E-state index contributed by atoms with van der Waals surface area (Å²) in [7, 11) is 0. The Morgan fingerprint density at radius 2 is 1.27 bits per heavy atom. The number of nitrogens with zero attached hydrogens (tertiary/aromatic N) is 2. The van der Waals surface area contributed by atoms with Crippen molar-refractivity contribution < 1.29 is 88.9 Å². The molecule has 0 bridgehead atoms. The van der Waals surface area contributed by atoms with Gasteiger partial charge in [-0.25, -0.2) is 4.98 Å². The summed E-state index contributed by atoms with van der Waals surface area (Å²) in [4.78, 5) is 15.6. The van der Waals surface area contributed by atoms with E-state index in [9.17, 15) is 79.4 Å². The maximum atomic E-state index is 14.8. The Kier molecular flexibility index (Phi) is 8.33. The Balaban J connectivity index is 2.62. The van der Waals surface area contributed by atoms with E-state index in [0.717, 1.165) is 16.0 Å². The number of ether oxygens (including phenoxy) is 2. The van der Waals surface area contributed by atoms with Gasteiger partial charge in [-0.3, -0.25) is 19.6 Å². The molecule has 0 aliphatic rings. The number of aromatic nitrogens is 2. The number of fused-ring (bicyclic) bond motifs is 1. The Morgan fingerprint density at radius 1 is 0.756 bits per heavy atom. The molecule has 1 N–H and O–H groups in total. The fourth-order valence-corrected chi connectivity index (χ4v) is 2.84. The highest BCUT2D eigenvalue weighted by Gasteiger charge is 2.85. The molecule has 0 saturated heterocycles. The van der Waals surface area contributed by atoms with Gasteiger partial charge in [0.15, 0.2) is 0 Å². The maximum Gasteiger partial charge on any atom is 0.462 e. The first-order chi connectivity index (χ1) is 18.1. The van der Waals surface area contributed by atoms with Crippen LogP contribution in [-0.4, -0.2) is 63.8 Å². The molecule has 0 fully saturated rings. The largest absolute Gasteiger partial charge is 0.462 e. The van der Waals surface area contributed by atoms with Gasteiger partial charge in [-0.05, 0) is 19.1 Å². The first-order valence-electron chi connectivity index (χ1n) is 9.98. The van der Waals surface area contributed by atoms with Crippen LogP contribution in [-0.2, 0) is 20.8 Å². The van der Waals surface area contributed by atoms with Gasteiger partial charge in [0.1, 0.15) is 0 Å². The predicted octanol–water partition coefficient (Wildman–Crippen LogP) is 6.87. The maximum absolute atomic E-state index is 14.8. The van der Waals surface area contributed by atoms with Crippen molar-refractivity contribution in [1.29, 1.82) is 0 Å². The lowest BCUT2D eigenvalue weighted by molar-refractivity contribution is -0.548. The number of hydrogen-bond donors (Lipinski definition) is 1. The quantitative estimate of drug-likeness (QED) is 0.305. The average Bonchev–Trinajstić information content (AvgIpc) is 3.12. The molecule has 23 heteroatoms. The fourth-order valence-electron chi connectivity index (χ4n) is 2.84. The van der Waals surface area contributed by atoms with Crippen LogP contribution in [0.1, 0.15) is 6.92 Å². The number of benzene rings is 1. The van der Waals surface area contributed by atoms with Gasteiger partial charge < -0.3 is 4.57 Å². The zero-order valence-corrected chi connectivity index (χ0v) is 19.1. The number of hydrogen-bond acceptors (Lipinski definition) is 4. The van der Waals surface area contributed by atoms with Gasteiger partial charge in [0, 0.05) is 6.54 Å². The first-order valence-corrected chi connectivity index (χ1v) is 9.98. The Bertz CT molecular complexity index is 1270. The normalized spacial score (nSPS) is 17.3. The SMILES string of the molecule is CCn1c(NC(=O)C(F)(OC(F)(F)C(F)(OC(F)(F)C(F)(F)C(F)(F)F)C(F)(F)F)C(F)(F)F)nc2ccccc21. The van der Waals surface area contributed by atoms with Gasteiger partial charge in [-0.15, -0.1) is 0 Å². The molecule has 1 amide bonds. The molecule has 0 radical (unpaired) electrons. The van der Waals surface area contributed by atoms with E-state index >= 15 is 0 Å². The standard InChI is InChI=1S/C18H10F17N3O3/c1-2-38-8-6-4-3-5-7(8)36-10(38)37-9(39)11(19,14(23,24)25)40-18(34,35)13(22,16(29,30)31)41-17(32,33)12(20,21)15(26,27)28/h3-6H,2H2,1H3,(H,36,37,39). The lowest BCUT2D eigenvalue weighted by atomic mass is 10.2. The third kappa shape index (κ3) is 5.68. The highest BCUT2D eigenvalue weighted by Crippen LogP contribution is 2.56. The summed E-state index contributed by atoms with van der Waals surface area (Å²) in [6, 6.07) is 4.92. The van der Waals surface area contributed by atoms with E-state index in [2.05, 4.69) is 9.72 Å². The summed E-state index contributed by atoms with van der Waals surface area (Å²) in [6.45, 7) is 0.909. The summed E-state index contributed by atoms with van der Waals surface area (Å²) in [5.41, 5.74) is -0.178. The van der Waals surface area contributed by atoms with Gasteiger partial charge in [0.25, 0.3) is 0 Å². The Hall–Kier alpha value is -3.11. The number of halogens is 17. The van der Waals surface area contributed by atoms with Crippen LogP contribution >= 0.6 is 0 Å². The number of carbonyl (C=O) groups is 1. The molecule has 1 aromatic heterocycles. The monoisotopic (exact) mass is 639 g/mol. The lowest BCUT2D eigenvalue weighted by Gasteiger charge is -2.40. The number of alkyl halides is 17. The second-order valence-electron chi connectivity index (χ2n) is 7.62. The van der Waals surface area contributed by atoms with Crippen molar-refractivity contribution in [3.8, 4) is 0 Å². The van der Waals surface area contributed by atoms with E-state index in [1.54, 1.807) is 0 Å². The molecule has 1 heterocycles. The van der Waals surface area contributed by atoms with Crippen LogP contribution in [0.25, 0.3) is 11.0 Å². The van der Waals surface area contributed by atoms with Crippen LogP contribution in [0.15, 0.2) is 24.3 Å². The number of aryl methyl sites for hydroxylation is 1. The topological polar surface area (TPSA) is 65.4 Å². The van der Waals surface area contributed by atoms with E-state index in [4.69, 9.17) is 0 Å². The number of imidazole rings is 1. The molecule has 2 unspecified atom stereocenters. The molecule has 6 nitrogen and oxygen atoms in total. The molecule has 234 valence electrons. The third-order valence-electron chi connectivity index (χ3n) is 4.85. The number of amides is 1. The molecular weight excluding hydrogens is 629 g/mol. The number of carbonyl (C=O) groups excluding carboxylic acids is 1. The molecule has 2 aromatic rings. The lowest BCUT2D eigenvalue weighted by Crippen LogP contribution is -2.68. The smallest absolute Gasteiger partial charge is 0.310 e. The Morgan fingerprint density at radius 3 is 1.71 bits per heavy atom. The van der Waals surface area contributed by atoms with E-state index in [1.165, 1.54) is 29.9 Å². The highest BCUT2D eigenvalue weighted by molar-refractivity contribution is 5.97. The average molecular weight is 639 g/mol. The third-order valence-corrected chi connectivity index (χ3v) is 4.85. The van der Waals surface area contributed by atoms with Crippen molar-refractivity contribution in [2.75, 3.05) is 5.32 Å². The van der Waals surface area contributed by atoms with Gasteiger partial charge in [0.2, 0.25) is 5.95 Å². The molecule has 41 heavy (non-hydrogen) atoms. The molecule has 2 rings (SSSR count). The molecular formula is C18H10F17N3O3. The molecule has 2 atom stereocenters. The summed E-state index contributed by atoms with van der Waals surface area (Å²) >= 11 is 0. The van der Waals surface area contributed by atoms with Crippen molar-refractivity contribution in [3.63, 3.8) is 0 Å². The van der Waals surface area contributed by atoms with Crippen LogP contribution in [0.3, 0.4) is 0 Å². The van der Waals surface area contributed by atoms with Crippen LogP contribution < -0.4 is 5.32 Å². The molecule has 0 aliphatic carbocycles. The van der Waals surface area contributed by atoms with Crippen molar-refractivity contribution >= 4 is 22.9 Å². The summed E-state index contributed by atoms with van der Waals surface area (Å²) < 4.78 is 230. The van der Waals surface area contributed by atoms with Crippen molar-refractivity contribution in [2.24, 2.45) is 0 Å². The summed E-state index contributed by atoms with van der Waals surface area (Å²) in [5, 5.41) is 0.901. The first kappa shape index (κ1) is 34.1. The Labute approximate surface area is 214 Å². The number of para-hydroxylation sites is 2. The molecule has 0 aliphatic heterocycles. The van der Waals surface area contributed by atoms with Gasteiger partial charge in [-0.2, -0.15) is 74.6 Å². The number of nitrogens with one attached hydrogen (secondary N) is 1. The molecule has 0 saturated carbocycles. The zero-order valence-electron chi connectivity index (χ0n) is 19.1. The zero-order chi connectivity index (χ0) is 32.3. The second kappa shape index (κ2) is 10.0. The fraction of sp³-hybridized carbons (Fsp3) is 0.556. The van der Waals surface area contributed by atoms with Crippen LogP contribution in [0.4, 0.5) is 80.6 Å². The highest BCUT2D eigenvalue weighted by atomic mass is 19.4. The van der Waals surface area contributed by atoms with Gasteiger partial charge in [0.05, 0.1) is 11.0 Å². The predicted molar refractivity (Wildman–Crippen MR) is 96.9 cm³/mol. The number of rotatable bonds is 9. The van der Waals surface area contributed by atoms with Crippen molar-refractivity contribution in [3.05, 3.63) is 24.3 Å². The minimum absolute atomic E-state index is 0.0194. The van der Waals surface area contributed by atoms with Crippen molar-refractivity contribution in [2.45, 2.75) is 61.8 Å². The van der Waals surface area contributed by atoms with Gasteiger partial charge >= 0.3 is 54.3 Å². The van der Waals surface area contributed by atoms with E-state index in [-0.39, 0.29) is 17.6 Å². The molecule has 1 aromatic carbocycles. The molecule has 0 spiro atoms. The van der Waals surface area contributed by atoms with Crippen molar-refractivity contribution in [1.82, 2.24) is 9.55 Å². The van der Waals surface area contributed by atoms with E-state index in [0.29, 0.717) is 0 Å². The summed E-state index contributed by atoms with van der Waals surface area (Å²) in [5.74, 6) is -27.5. The minimum atomic E-state index is -8.09. The van der Waals surface area contributed by atoms with E-state index < -0.39 is 60.2 Å². The summed E-state index contributed by atoms with van der Waals surface area (Å²) in [6.07, 6.45) is -38.7. The van der Waals surface area contributed by atoms with E-state index in [1.807, 2.05) is 0 Å². The van der Waals surface area contributed by atoms with Crippen LogP contribution in [0.5, 0.6) is 0 Å². The number of anilines is 1. The van der Waals surface area contributed by atoms with Gasteiger partial charge in [-0.1, -0.05) is 12.1 Å². The van der Waals surface area contributed by atoms with Crippen LogP contribution in [0.2, 0.25) is 0 Å². The minimum Gasteiger partial charge on any atom is -0.310 e. The van der Waals surface area contributed by atoms with Crippen LogP contribution in [0, 0.1) is 0 Å². The second-order valence-corrected chi connectivity index (χ2v) is 7.62.